The van der Waals surface area contributed by atoms with Gasteiger partial charge in [0.1, 0.15) is 0 Å². The van der Waals surface area contributed by atoms with Gasteiger partial charge in [-0.3, -0.25) is 9.59 Å². The Labute approximate surface area is 114 Å². The number of rotatable bonds is 6. The van der Waals surface area contributed by atoms with Crippen molar-refractivity contribution in [1.82, 2.24) is 10.2 Å². The molecule has 0 bridgehead atoms. The molecule has 1 fully saturated rings. The third-order valence-corrected chi connectivity index (χ3v) is 3.48. The Morgan fingerprint density at radius 3 is 2.50 bits per heavy atom. The van der Waals surface area contributed by atoms with Crippen LogP contribution in [0.25, 0.3) is 0 Å². The second-order valence-corrected chi connectivity index (χ2v) is 5.14. The summed E-state index contributed by atoms with van der Waals surface area (Å²) in [6, 6.07) is 0.237. The highest BCUT2D eigenvalue weighted by Crippen LogP contribution is 2.12. The van der Waals surface area contributed by atoms with Crippen LogP contribution in [0.15, 0.2) is 0 Å². The number of carbonyl (C=O) groups excluding carboxylic acids is 2. The van der Waals surface area contributed by atoms with Gasteiger partial charge in [-0.05, 0) is 25.7 Å². The quantitative estimate of drug-likeness (QED) is 0.752. The van der Waals surface area contributed by atoms with Crippen LogP contribution in [0.3, 0.4) is 0 Å². The van der Waals surface area contributed by atoms with E-state index in [1.165, 1.54) is 0 Å². The van der Waals surface area contributed by atoms with E-state index < -0.39 is 0 Å². The highest BCUT2D eigenvalue weighted by atomic mass is 35.5. The van der Waals surface area contributed by atoms with Crippen LogP contribution in [-0.2, 0) is 9.59 Å². The van der Waals surface area contributed by atoms with Crippen LogP contribution in [0.5, 0.6) is 0 Å². The van der Waals surface area contributed by atoms with Crippen LogP contribution in [0.2, 0.25) is 0 Å². The summed E-state index contributed by atoms with van der Waals surface area (Å²) in [5.74, 6) is 0.855. The lowest BCUT2D eigenvalue weighted by molar-refractivity contribution is -0.132. The van der Waals surface area contributed by atoms with Gasteiger partial charge in [-0.15, -0.1) is 11.6 Å². The van der Waals surface area contributed by atoms with Crippen molar-refractivity contribution in [2.45, 2.75) is 51.5 Å². The van der Waals surface area contributed by atoms with Crippen molar-refractivity contribution in [2.75, 3.05) is 19.0 Å². The molecule has 0 aromatic carbocycles. The lowest BCUT2D eigenvalue weighted by atomic mass is 10.0. The van der Waals surface area contributed by atoms with Crippen molar-refractivity contribution >= 4 is 23.4 Å². The Morgan fingerprint density at radius 1 is 1.28 bits per heavy atom. The van der Waals surface area contributed by atoms with E-state index in [2.05, 4.69) is 5.32 Å². The number of likely N-dealkylation sites (tertiary alicyclic amines) is 1. The van der Waals surface area contributed by atoms with Crippen molar-refractivity contribution in [1.29, 1.82) is 0 Å². The molecule has 5 heteroatoms. The van der Waals surface area contributed by atoms with Crippen LogP contribution in [-0.4, -0.2) is 41.7 Å². The molecule has 18 heavy (non-hydrogen) atoms. The van der Waals surface area contributed by atoms with Gasteiger partial charge in [0.15, 0.2) is 0 Å². The first-order valence-electron chi connectivity index (χ1n) is 6.80. The maximum Gasteiger partial charge on any atom is 0.222 e. The predicted molar refractivity (Wildman–Crippen MR) is 72.6 cm³/mol. The van der Waals surface area contributed by atoms with Crippen molar-refractivity contribution in [3.63, 3.8) is 0 Å². The largest absolute Gasteiger partial charge is 0.353 e. The molecule has 1 saturated heterocycles. The van der Waals surface area contributed by atoms with Gasteiger partial charge in [0.2, 0.25) is 11.8 Å². The second-order valence-electron chi connectivity index (χ2n) is 4.77. The molecule has 0 radical (unpaired) electrons. The molecule has 4 nitrogen and oxygen atoms in total. The fourth-order valence-electron chi connectivity index (χ4n) is 2.18. The number of hydrogen-bond donors (Lipinski definition) is 1. The minimum atomic E-state index is 0.129. The summed E-state index contributed by atoms with van der Waals surface area (Å²) in [4.78, 5) is 25.1. The molecule has 1 rings (SSSR count). The van der Waals surface area contributed by atoms with E-state index in [1.807, 2.05) is 11.8 Å². The molecule has 1 aliphatic heterocycles. The molecule has 0 saturated carbocycles. The predicted octanol–water partition coefficient (Wildman–Crippen LogP) is 1.91. The van der Waals surface area contributed by atoms with Gasteiger partial charge in [-0.25, -0.2) is 0 Å². The average molecular weight is 275 g/mol. The summed E-state index contributed by atoms with van der Waals surface area (Å²) in [5, 5.41) is 3.02. The molecule has 104 valence electrons. The summed E-state index contributed by atoms with van der Waals surface area (Å²) in [6.45, 7) is 3.49. The van der Waals surface area contributed by atoms with Crippen molar-refractivity contribution in [3.8, 4) is 0 Å². The van der Waals surface area contributed by atoms with E-state index in [-0.39, 0.29) is 17.9 Å². The van der Waals surface area contributed by atoms with Gasteiger partial charge >= 0.3 is 0 Å². The number of piperidine rings is 1. The second kappa shape index (κ2) is 8.35. The monoisotopic (exact) mass is 274 g/mol. The first kappa shape index (κ1) is 15.3. The smallest absolute Gasteiger partial charge is 0.222 e. The fraction of sp³-hybridized carbons (Fsp3) is 0.846. The molecular weight excluding hydrogens is 252 g/mol. The van der Waals surface area contributed by atoms with Crippen LogP contribution in [0.1, 0.15) is 45.4 Å². The third-order valence-electron chi connectivity index (χ3n) is 3.21. The van der Waals surface area contributed by atoms with E-state index >= 15 is 0 Å². The molecule has 0 unspecified atom stereocenters. The van der Waals surface area contributed by atoms with Crippen LogP contribution in [0, 0.1) is 0 Å². The highest BCUT2D eigenvalue weighted by molar-refractivity contribution is 6.17. The lowest BCUT2D eigenvalue weighted by Crippen LogP contribution is -2.46. The number of hydrogen-bond acceptors (Lipinski definition) is 2. The topological polar surface area (TPSA) is 49.4 Å². The van der Waals surface area contributed by atoms with E-state index in [1.54, 1.807) is 0 Å². The SMILES string of the molecule is CCCC(=O)NC1CCN(C(=O)CCCCl)CC1. The molecule has 1 aliphatic rings. The third kappa shape index (κ3) is 5.25. The average Bonchev–Trinajstić information content (AvgIpc) is 2.37. The van der Waals surface area contributed by atoms with E-state index in [0.29, 0.717) is 18.7 Å². The number of carbonyl (C=O) groups is 2. The normalized spacial score (nSPS) is 16.7. The standard InChI is InChI=1S/C13H23ClN2O2/c1-2-4-12(17)15-11-6-9-16(10-7-11)13(18)5-3-8-14/h11H,2-10H2,1H3,(H,15,17). The minimum Gasteiger partial charge on any atom is -0.353 e. The molecule has 1 N–H and O–H groups in total. The van der Waals surface area contributed by atoms with E-state index in [0.717, 1.165) is 38.8 Å². The maximum absolute atomic E-state index is 11.8. The fourth-order valence-corrected chi connectivity index (χ4v) is 2.31. The molecular formula is C13H23ClN2O2. The zero-order valence-corrected chi connectivity index (χ0v) is 11.8. The lowest BCUT2D eigenvalue weighted by Gasteiger charge is -2.32. The molecule has 1 heterocycles. The van der Waals surface area contributed by atoms with Gasteiger partial charge in [0, 0.05) is 37.9 Å². The van der Waals surface area contributed by atoms with Gasteiger partial charge in [-0.2, -0.15) is 0 Å². The molecule has 0 atom stereocenters. The molecule has 0 aromatic rings. The zero-order chi connectivity index (χ0) is 13.4. The Balaban J connectivity index is 2.23. The number of nitrogens with zero attached hydrogens (tertiary/aromatic N) is 1. The molecule has 0 aromatic heterocycles. The van der Waals surface area contributed by atoms with E-state index in [4.69, 9.17) is 11.6 Å². The Morgan fingerprint density at radius 2 is 1.94 bits per heavy atom. The summed E-state index contributed by atoms with van der Waals surface area (Å²) >= 11 is 5.58. The number of amides is 2. The zero-order valence-electron chi connectivity index (χ0n) is 11.1. The summed E-state index contributed by atoms with van der Waals surface area (Å²) < 4.78 is 0. The van der Waals surface area contributed by atoms with Gasteiger partial charge < -0.3 is 10.2 Å². The highest BCUT2D eigenvalue weighted by Gasteiger charge is 2.23. The van der Waals surface area contributed by atoms with Crippen molar-refractivity contribution < 1.29 is 9.59 Å². The first-order valence-corrected chi connectivity index (χ1v) is 7.34. The summed E-state index contributed by atoms with van der Waals surface area (Å²) in [7, 11) is 0. The Kier molecular flexibility index (Phi) is 7.09. The maximum atomic E-state index is 11.8. The van der Waals surface area contributed by atoms with Gasteiger partial charge in [0.05, 0.1) is 0 Å². The van der Waals surface area contributed by atoms with E-state index in [9.17, 15) is 9.59 Å². The summed E-state index contributed by atoms with van der Waals surface area (Å²) in [6.07, 6.45) is 4.48. The van der Waals surface area contributed by atoms with Crippen molar-refractivity contribution in [3.05, 3.63) is 0 Å². The summed E-state index contributed by atoms with van der Waals surface area (Å²) in [5.41, 5.74) is 0. The minimum absolute atomic E-state index is 0.129. The van der Waals surface area contributed by atoms with Gasteiger partial charge in [0.25, 0.3) is 0 Å². The van der Waals surface area contributed by atoms with Crippen LogP contribution < -0.4 is 5.32 Å². The molecule has 0 spiro atoms. The molecule has 2 amide bonds. The Hall–Kier alpha value is -0.770. The Bertz CT molecular complexity index is 276. The number of halogens is 1. The van der Waals surface area contributed by atoms with Crippen LogP contribution >= 0.6 is 11.6 Å². The number of alkyl halides is 1. The molecule has 0 aliphatic carbocycles. The first-order chi connectivity index (χ1) is 8.67. The number of nitrogens with one attached hydrogen (secondary N) is 1. The van der Waals surface area contributed by atoms with Crippen LogP contribution in [0.4, 0.5) is 0 Å². The van der Waals surface area contributed by atoms with Gasteiger partial charge in [-0.1, -0.05) is 6.92 Å². The van der Waals surface area contributed by atoms with Crippen molar-refractivity contribution in [2.24, 2.45) is 0 Å².